The molecule has 7 heteroatoms. The maximum atomic E-state index is 12.0. The van der Waals surface area contributed by atoms with E-state index in [9.17, 15) is 4.79 Å². The van der Waals surface area contributed by atoms with Crippen LogP contribution in [0, 0.1) is 0 Å². The van der Waals surface area contributed by atoms with Gasteiger partial charge in [0.1, 0.15) is 5.52 Å². The summed E-state index contributed by atoms with van der Waals surface area (Å²) >= 11 is 5.85. The van der Waals surface area contributed by atoms with Gasteiger partial charge in [-0.05, 0) is 36.8 Å². The summed E-state index contributed by atoms with van der Waals surface area (Å²) in [5, 5.41) is 12.9. The monoisotopic (exact) mass is 341 g/mol. The van der Waals surface area contributed by atoms with Crippen LogP contribution in [0.2, 0.25) is 5.02 Å². The van der Waals surface area contributed by atoms with Crippen molar-refractivity contribution in [2.24, 2.45) is 5.10 Å². The summed E-state index contributed by atoms with van der Waals surface area (Å²) < 4.78 is 1.71. The number of nitrogens with one attached hydrogen (secondary N) is 1. The fourth-order valence-electron chi connectivity index (χ4n) is 2.25. The van der Waals surface area contributed by atoms with Crippen molar-refractivity contribution < 1.29 is 4.79 Å². The van der Waals surface area contributed by atoms with Gasteiger partial charge in [0.25, 0.3) is 0 Å². The lowest BCUT2D eigenvalue weighted by molar-refractivity contribution is -0.121. The zero-order valence-corrected chi connectivity index (χ0v) is 13.9. The standard InChI is InChI=1S/C17H16ClN5O/c1-12(13-6-8-14(18)9-7-13)19-21-17(24)10-11-23-16-5-3-2-4-15(16)20-22-23/h2-9H,10-11H2,1H3,(H,21,24). The first-order valence-corrected chi connectivity index (χ1v) is 7.88. The molecule has 1 aromatic heterocycles. The highest BCUT2D eigenvalue weighted by atomic mass is 35.5. The van der Waals surface area contributed by atoms with Gasteiger partial charge in [0.2, 0.25) is 5.91 Å². The van der Waals surface area contributed by atoms with Gasteiger partial charge in [-0.25, -0.2) is 10.1 Å². The maximum absolute atomic E-state index is 12.0. The minimum Gasteiger partial charge on any atom is -0.273 e. The predicted molar refractivity (Wildman–Crippen MR) is 94.0 cm³/mol. The Bertz CT molecular complexity index is 885. The smallest absolute Gasteiger partial charge is 0.241 e. The molecule has 0 saturated heterocycles. The molecule has 0 saturated carbocycles. The number of amides is 1. The summed E-state index contributed by atoms with van der Waals surface area (Å²) in [4.78, 5) is 12.0. The van der Waals surface area contributed by atoms with Crippen LogP contribution in [0.25, 0.3) is 11.0 Å². The number of aryl methyl sites for hydroxylation is 1. The molecule has 6 nitrogen and oxygen atoms in total. The highest BCUT2D eigenvalue weighted by Gasteiger charge is 2.06. The van der Waals surface area contributed by atoms with Gasteiger partial charge in [0.05, 0.1) is 17.8 Å². The summed E-state index contributed by atoms with van der Waals surface area (Å²) in [5.41, 5.74) is 5.90. The molecule has 3 rings (SSSR count). The fourth-order valence-corrected chi connectivity index (χ4v) is 2.37. The Morgan fingerprint density at radius 1 is 1.21 bits per heavy atom. The second-order valence-electron chi connectivity index (χ2n) is 5.29. The van der Waals surface area contributed by atoms with Gasteiger partial charge in [0.15, 0.2) is 0 Å². The number of halogens is 1. The molecule has 0 aliphatic carbocycles. The molecule has 0 unspecified atom stereocenters. The zero-order chi connectivity index (χ0) is 16.9. The maximum Gasteiger partial charge on any atom is 0.241 e. The van der Waals surface area contributed by atoms with Gasteiger partial charge < -0.3 is 0 Å². The summed E-state index contributed by atoms with van der Waals surface area (Å²) in [6.07, 6.45) is 0.269. The second kappa shape index (κ2) is 7.23. The van der Waals surface area contributed by atoms with E-state index in [0.717, 1.165) is 16.6 Å². The molecule has 0 radical (unpaired) electrons. The number of carbonyl (C=O) groups excluding carboxylic acids is 1. The van der Waals surface area contributed by atoms with Crippen LogP contribution in [0.4, 0.5) is 0 Å². The highest BCUT2D eigenvalue weighted by Crippen LogP contribution is 2.11. The minimum absolute atomic E-state index is 0.178. The minimum atomic E-state index is -0.178. The van der Waals surface area contributed by atoms with Crippen molar-refractivity contribution in [2.75, 3.05) is 0 Å². The van der Waals surface area contributed by atoms with Crippen LogP contribution in [-0.4, -0.2) is 26.6 Å². The number of hydrogen-bond acceptors (Lipinski definition) is 4. The van der Waals surface area contributed by atoms with E-state index in [0.29, 0.717) is 17.3 Å². The Morgan fingerprint density at radius 2 is 1.96 bits per heavy atom. The Morgan fingerprint density at radius 3 is 2.75 bits per heavy atom. The largest absolute Gasteiger partial charge is 0.273 e. The summed E-state index contributed by atoms with van der Waals surface area (Å²) in [5.74, 6) is -0.178. The topological polar surface area (TPSA) is 72.2 Å². The van der Waals surface area contributed by atoms with Crippen LogP contribution in [0.5, 0.6) is 0 Å². The molecule has 122 valence electrons. The molecule has 3 aromatic rings. The number of hydrazone groups is 1. The lowest BCUT2D eigenvalue weighted by atomic mass is 10.1. The van der Waals surface area contributed by atoms with E-state index >= 15 is 0 Å². The Labute approximate surface area is 144 Å². The van der Waals surface area contributed by atoms with Crippen LogP contribution >= 0.6 is 11.6 Å². The first-order valence-electron chi connectivity index (χ1n) is 7.51. The van der Waals surface area contributed by atoms with E-state index in [1.807, 2.05) is 43.3 Å². The van der Waals surface area contributed by atoms with Gasteiger partial charge in [-0.15, -0.1) is 5.10 Å². The molecule has 0 aliphatic rings. The van der Waals surface area contributed by atoms with Crippen molar-refractivity contribution in [1.29, 1.82) is 0 Å². The quantitative estimate of drug-likeness (QED) is 0.572. The Balaban J connectivity index is 1.57. The third kappa shape index (κ3) is 3.78. The molecule has 2 aromatic carbocycles. The number of para-hydroxylation sites is 1. The number of fused-ring (bicyclic) bond motifs is 1. The van der Waals surface area contributed by atoms with Gasteiger partial charge in [-0.3, -0.25) is 4.79 Å². The lowest BCUT2D eigenvalue weighted by Gasteiger charge is -2.04. The average molecular weight is 342 g/mol. The van der Waals surface area contributed by atoms with Crippen LogP contribution in [0.3, 0.4) is 0 Å². The Hall–Kier alpha value is -2.73. The number of rotatable bonds is 5. The van der Waals surface area contributed by atoms with Crippen LogP contribution in [0.15, 0.2) is 53.6 Å². The third-order valence-electron chi connectivity index (χ3n) is 3.58. The van der Waals surface area contributed by atoms with Crippen LogP contribution in [0.1, 0.15) is 18.9 Å². The number of benzene rings is 2. The van der Waals surface area contributed by atoms with Crippen molar-refractivity contribution in [1.82, 2.24) is 20.4 Å². The zero-order valence-electron chi connectivity index (χ0n) is 13.1. The Kier molecular flexibility index (Phi) is 4.86. The average Bonchev–Trinajstić information content (AvgIpc) is 3.01. The highest BCUT2D eigenvalue weighted by molar-refractivity contribution is 6.30. The number of hydrogen-bond donors (Lipinski definition) is 1. The van der Waals surface area contributed by atoms with E-state index in [2.05, 4.69) is 20.8 Å². The molecule has 0 fully saturated rings. The lowest BCUT2D eigenvalue weighted by Crippen LogP contribution is -2.21. The molecule has 24 heavy (non-hydrogen) atoms. The summed E-state index contributed by atoms with van der Waals surface area (Å²) in [6, 6.07) is 14.9. The third-order valence-corrected chi connectivity index (χ3v) is 3.83. The van der Waals surface area contributed by atoms with E-state index in [-0.39, 0.29) is 12.3 Å². The molecule has 0 atom stereocenters. The second-order valence-corrected chi connectivity index (χ2v) is 5.73. The summed E-state index contributed by atoms with van der Waals surface area (Å²) in [7, 11) is 0. The van der Waals surface area contributed by atoms with Crippen molar-refractivity contribution >= 4 is 34.3 Å². The number of aromatic nitrogens is 3. The van der Waals surface area contributed by atoms with E-state index in [4.69, 9.17) is 11.6 Å². The SMILES string of the molecule is CC(=NNC(=O)CCn1nnc2ccccc21)c1ccc(Cl)cc1. The molecular formula is C17H16ClN5O. The number of carbonyl (C=O) groups is 1. The molecule has 0 bridgehead atoms. The van der Waals surface area contributed by atoms with Crippen molar-refractivity contribution in [3.63, 3.8) is 0 Å². The molecule has 0 spiro atoms. The molecule has 0 aliphatic heterocycles. The normalized spacial score (nSPS) is 11.7. The van der Waals surface area contributed by atoms with E-state index < -0.39 is 0 Å². The first-order chi connectivity index (χ1) is 11.6. The molecule has 1 heterocycles. The van der Waals surface area contributed by atoms with Crippen molar-refractivity contribution in [2.45, 2.75) is 19.9 Å². The van der Waals surface area contributed by atoms with Gasteiger partial charge in [-0.1, -0.05) is 41.1 Å². The van der Waals surface area contributed by atoms with Gasteiger partial charge in [-0.2, -0.15) is 5.10 Å². The van der Waals surface area contributed by atoms with Crippen LogP contribution < -0.4 is 5.43 Å². The van der Waals surface area contributed by atoms with Gasteiger partial charge >= 0.3 is 0 Å². The fraction of sp³-hybridized carbons (Fsp3) is 0.176. The number of nitrogens with zero attached hydrogens (tertiary/aromatic N) is 4. The van der Waals surface area contributed by atoms with Crippen molar-refractivity contribution in [3.05, 3.63) is 59.1 Å². The predicted octanol–water partition coefficient (Wildman–Crippen LogP) is 3.02. The molecular weight excluding hydrogens is 326 g/mol. The first kappa shape index (κ1) is 16.1. The molecule has 1 amide bonds. The summed E-state index contributed by atoms with van der Waals surface area (Å²) in [6.45, 7) is 2.27. The van der Waals surface area contributed by atoms with Gasteiger partial charge in [0, 0.05) is 11.4 Å². The van der Waals surface area contributed by atoms with E-state index in [1.54, 1.807) is 16.8 Å². The van der Waals surface area contributed by atoms with E-state index in [1.165, 1.54) is 0 Å². The van der Waals surface area contributed by atoms with Crippen molar-refractivity contribution in [3.8, 4) is 0 Å². The molecule has 1 N–H and O–H groups in total. The van der Waals surface area contributed by atoms with Crippen LogP contribution in [-0.2, 0) is 11.3 Å².